The third-order valence-corrected chi connectivity index (χ3v) is 15.1. The molecule has 0 heterocycles. The van der Waals surface area contributed by atoms with E-state index >= 15 is 0 Å². The van der Waals surface area contributed by atoms with E-state index in [1.165, 1.54) is 149 Å². The first-order chi connectivity index (χ1) is 23.9. The summed E-state index contributed by atoms with van der Waals surface area (Å²) >= 11 is 0. The van der Waals surface area contributed by atoms with E-state index in [1.54, 1.807) is 0 Å². The van der Waals surface area contributed by atoms with E-state index < -0.39 is 0 Å². The highest BCUT2D eigenvalue weighted by atomic mass is 16.3. The minimum atomic E-state index is 0.0440. The molecule has 10 rings (SSSR count). The molecule has 0 aliphatic heterocycles. The van der Waals surface area contributed by atoms with Crippen molar-refractivity contribution in [3.63, 3.8) is 0 Å². The van der Waals surface area contributed by atoms with Crippen LogP contribution in [-0.4, -0.2) is 15.3 Å². The lowest BCUT2D eigenvalue weighted by Crippen LogP contribution is -2.62. The van der Waals surface area contributed by atoms with Gasteiger partial charge < -0.3 is 15.3 Å². The Morgan fingerprint density at radius 3 is 0.959 bits per heavy atom. The number of rotatable bonds is 6. The summed E-state index contributed by atoms with van der Waals surface area (Å²) in [5.74, 6) is 3.52. The van der Waals surface area contributed by atoms with Crippen LogP contribution in [0.4, 0.5) is 0 Å². The fraction of sp³-hybridized carbons (Fsp3) is 0.609. The SMILES string of the molecule is Oc1ccc(C23CC4CC(c5ccc(O)c(C6CCCCC6)c5)(C2)CC(c2ccc(O)c(C5CCCCC5)c2)(C4)C3)cc1C1CCCCC1. The average Bonchev–Trinajstić information content (AvgIpc) is 3.12. The lowest BCUT2D eigenvalue weighted by Gasteiger charge is -2.67. The van der Waals surface area contributed by atoms with Gasteiger partial charge in [0.1, 0.15) is 17.2 Å². The molecule has 0 radical (unpaired) electrons. The van der Waals surface area contributed by atoms with Crippen LogP contribution in [0.2, 0.25) is 0 Å². The Morgan fingerprint density at radius 1 is 0.388 bits per heavy atom. The zero-order chi connectivity index (χ0) is 33.2. The van der Waals surface area contributed by atoms with Crippen LogP contribution >= 0.6 is 0 Å². The second kappa shape index (κ2) is 12.4. The highest BCUT2D eigenvalue weighted by molar-refractivity contribution is 5.51. The second-order valence-corrected chi connectivity index (χ2v) is 18.2. The predicted molar refractivity (Wildman–Crippen MR) is 198 cm³/mol. The van der Waals surface area contributed by atoms with Crippen LogP contribution in [0, 0.1) is 5.92 Å². The fourth-order valence-electron chi connectivity index (χ4n) is 13.3. The summed E-state index contributed by atoms with van der Waals surface area (Å²) in [6, 6.07) is 20.4. The lowest BCUT2D eigenvalue weighted by atomic mass is 9.36. The smallest absolute Gasteiger partial charge is 0.119 e. The van der Waals surface area contributed by atoms with Crippen molar-refractivity contribution < 1.29 is 15.3 Å². The van der Waals surface area contributed by atoms with Gasteiger partial charge in [-0.25, -0.2) is 0 Å². The van der Waals surface area contributed by atoms with Gasteiger partial charge in [-0.1, -0.05) is 94.2 Å². The number of hydrogen-bond donors (Lipinski definition) is 3. The molecule has 3 aromatic carbocycles. The Labute approximate surface area is 294 Å². The summed E-state index contributed by atoms with van der Waals surface area (Å²) in [5, 5.41) is 33.7. The van der Waals surface area contributed by atoms with Gasteiger partial charge in [0, 0.05) is 0 Å². The van der Waals surface area contributed by atoms with Crippen molar-refractivity contribution in [2.75, 3.05) is 0 Å². The van der Waals surface area contributed by atoms with Gasteiger partial charge in [0.05, 0.1) is 0 Å². The zero-order valence-corrected chi connectivity index (χ0v) is 29.7. The van der Waals surface area contributed by atoms with E-state index in [2.05, 4.69) is 36.4 Å². The van der Waals surface area contributed by atoms with E-state index in [-0.39, 0.29) is 16.2 Å². The van der Waals surface area contributed by atoms with Crippen molar-refractivity contribution in [1.82, 2.24) is 0 Å². The molecule has 0 atom stereocenters. The maximum atomic E-state index is 11.2. The topological polar surface area (TPSA) is 60.7 Å². The van der Waals surface area contributed by atoms with Gasteiger partial charge in [0.2, 0.25) is 0 Å². The molecule has 260 valence electrons. The van der Waals surface area contributed by atoms with E-state index in [9.17, 15) is 15.3 Å². The number of aromatic hydroxyl groups is 3. The third kappa shape index (κ3) is 5.52. The summed E-state index contributed by atoms with van der Waals surface area (Å²) in [7, 11) is 0. The highest BCUT2D eigenvalue weighted by Gasteiger charge is 2.64. The maximum Gasteiger partial charge on any atom is 0.119 e. The first-order valence-corrected chi connectivity index (χ1v) is 20.4. The van der Waals surface area contributed by atoms with Crippen molar-refractivity contribution in [3.05, 3.63) is 88.0 Å². The molecule has 3 aromatic rings. The van der Waals surface area contributed by atoms with E-state index in [4.69, 9.17) is 0 Å². The van der Waals surface area contributed by atoms with Crippen molar-refractivity contribution >= 4 is 0 Å². The summed E-state index contributed by atoms with van der Waals surface area (Å²) in [6.45, 7) is 0. The standard InChI is InChI=1S/C46H58O3/c47-41-19-16-35(22-38(41)32-10-4-1-5-11-32)44-25-31-26-45(28-44,36-17-20-42(48)39(23-36)33-12-6-2-7-13-33)30-46(27-31,29-44)37-18-21-43(49)40(24-37)34-14-8-3-9-15-34/h16-24,31-34,47-49H,1-15,25-30H2. The zero-order valence-electron chi connectivity index (χ0n) is 29.7. The van der Waals surface area contributed by atoms with Crippen molar-refractivity contribution in [1.29, 1.82) is 0 Å². The third-order valence-electron chi connectivity index (χ3n) is 15.1. The van der Waals surface area contributed by atoms with Crippen LogP contribution in [-0.2, 0) is 16.2 Å². The molecule has 0 aromatic heterocycles. The molecular weight excluding hydrogens is 601 g/mol. The van der Waals surface area contributed by atoms with Crippen molar-refractivity contribution in [2.24, 2.45) is 5.92 Å². The van der Waals surface area contributed by atoms with Crippen molar-refractivity contribution in [3.8, 4) is 17.2 Å². The molecule has 7 aliphatic carbocycles. The van der Waals surface area contributed by atoms with Gasteiger partial charge in [0.15, 0.2) is 0 Å². The average molecular weight is 659 g/mol. The van der Waals surface area contributed by atoms with Gasteiger partial charge >= 0.3 is 0 Å². The molecule has 7 fully saturated rings. The summed E-state index contributed by atoms with van der Waals surface area (Å²) in [5.41, 5.74) is 8.11. The first kappa shape index (κ1) is 32.0. The molecule has 0 unspecified atom stereocenters. The van der Waals surface area contributed by atoms with Gasteiger partial charge in [0.25, 0.3) is 0 Å². The minimum absolute atomic E-state index is 0.0440. The van der Waals surface area contributed by atoms with Crippen LogP contribution in [0.15, 0.2) is 54.6 Å². The molecule has 3 N–H and O–H groups in total. The quantitative estimate of drug-likeness (QED) is 0.247. The summed E-state index contributed by atoms with van der Waals surface area (Å²) in [6.07, 6.45) is 25.8. The number of hydrogen-bond acceptors (Lipinski definition) is 3. The molecule has 7 saturated carbocycles. The van der Waals surface area contributed by atoms with Gasteiger partial charge in [-0.3, -0.25) is 0 Å². The predicted octanol–water partition coefficient (Wildman–Crippen LogP) is 12.1. The van der Waals surface area contributed by atoms with Crippen molar-refractivity contribution in [2.45, 2.75) is 169 Å². The van der Waals surface area contributed by atoms with E-state index in [1.807, 2.05) is 18.2 Å². The number of benzene rings is 3. The largest absolute Gasteiger partial charge is 0.508 e. The second-order valence-electron chi connectivity index (χ2n) is 18.2. The first-order valence-electron chi connectivity index (χ1n) is 20.4. The highest BCUT2D eigenvalue weighted by Crippen LogP contribution is 2.71. The molecule has 3 nitrogen and oxygen atoms in total. The Hall–Kier alpha value is -2.94. The fourth-order valence-corrected chi connectivity index (χ4v) is 13.3. The molecule has 3 heteroatoms. The molecular formula is C46H58O3. The lowest BCUT2D eigenvalue weighted by molar-refractivity contribution is -0.0495. The Kier molecular flexibility index (Phi) is 8.08. The minimum Gasteiger partial charge on any atom is -0.508 e. The summed E-state index contributed by atoms with van der Waals surface area (Å²) in [4.78, 5) is 0. The maximum absolute atomic E-state index is 11.2. The molecule has 0 saturated heterocycles. The normalized spacial score (nSPS) is 32.4. The molecule has 0 spiro atoms. The molecule has 4 bridgehead atoms. The molecule has 7 aliphatic rings. The van der Waals surface area contributed by atoms with Crippen LogP contribution in [0.25, 0.3) is 0 Å². The van der Waals surface area contributed by atoms with Crippen LogP contribution in [0.5, 0.6) is 17.2 Å². The van der Waals surface area contributed by atoms with Gasteiger partial charge in [-0.15, -0.1) is 0 Å². The van der Waals surface area contributed by atoms with E-state index in [0.29, 0.717) is 40.9 Å². The molecule has 49 heavy (non-hydrogen) atoms. The number of phenols is 3. The van der Waals surface area contributed by atoms with Crippen LogP contribution in [0.1, 0.15) is 186 Å². The monoisotopic (exact) mass is 658 g/mol. The van der Waals surface area contributed by atoms with Gasteiger partial charge in [-0.2, -0.15) is 0 Å². The Morgan fingerprint density at radius 2 is 0.673 bits per heavy atom. The van der Waals surface area contributed by atoms with Crippen LogP contribution < -0.4 is 0 Å². The molecule has 0 amide bonds. The summed E-state index contributed by atoms with van der Waals surface area (Å²) < 4.78 is 0. The Balaban J connectivity index is 1.18. The Bertz CT molecular complexity index is 1480. The van der Waals surface area contributed by atoms with E-state index in [0.717, 1.165) is 19.3 Å². The van der Waals surface area contributed by atoms with Gasteiger partial charge in [-0.05, 0) is 169 Å². The van der Waals surface area contributed by atoms with Crippen LogP contribution in [0.3, 0.4) is 0 Å². The number of phenolic OH excluding ortho intramolecular Hbond substituents is 3.